The van der Waals surface area contributed by atoms with E-state index in [0.29, 0.717) is 13.2 Å². The molecule has 0 saturated heterocycles. The van der Waals surface area contributed by atoms with E-state index >= 15 is 0 Å². The maximum Gasteiger partial charge on any atom is 0.166 e. The Bertz CT molecular complexity index is 1120. The van der Waals surface area contributed by atoms with Crippen molar-refractivity contribution in [2.24, 2.45) is 0 Å². The van der Waals surface area contributed by atoms with Crippen molar-refractivity contribution in [3.05, 3.63) is 57.0 Å². The Morgan fingerprint density at radius 2 is 2.00 bits per heavy atom. The Kier molecular flexibility index (Phi) is 4.30. The van der Waals surface area contributed by atoms with E-state index in [1.54, 1.807) is 7.11 Å². The zero-order valence-corrected chi connectivity index (χ0v) is 17.9. The van der Waals surface area contributed by atoms with Gasteiger partial charge in [0.15, 0.2) is 5.75 Å². The quantitative estimate of drug-likeness (QED) is 0.453. The molecule has 2 heterocycles. The van der Waals surface area contributed by atoms with Crippen molar-refractivity contribution >= 4 is 59.4 Å². The topological polar surface area (TPSA) is 46.3 Å². The summed E-state index contributed by atoms with van der Waals surface area (Å²) in [5, 5.41) is 6.02. The van der Waals surface area contributed by atoms with Gasteiger partial charge in [0.1, 0.15) is 6.61 Å². The summed E-state index contributed by atoms with van der Waals surface area (Å²) in [5.74, 6) is 1.16. The van der Waals surface area contributed by atoms with Crippen LogP contribution >= 0.6 is 31.9 Å². The Labute approximate surface area is 173 Å². The zero-order chi connectivity index (χ0) is 18.5. The van der Waals surface area contributed by atoms with Gasteiger partial charge in [-0.1, -0.05) is 50.1 Å². The summed E-state index contributed by atoms with van der Waals surface area (Å²) < 4.78 is 13.6. The van der Waals surface area contributed by atoms with Gasteiger partial charge < -0.3 is 19.8 Å². The van der Waals surface area contributed by atoms with E-state index in [1.807, 2.05) is 0 Å². The number of rotatable bonds is 4. The van der Waals surface area contributed by atoms with Crippen LogP contribution in [0.5, 0.6) is 5.75 Å². The number of methoxy groups -OCH3 is 1. The van der Waals surface area contributed by atoms with Gasteiger partial charge in [-0.15, -0.1) is 0 Å². The van der Waals surface area contributed by atoms with E-state index in [9.17, 15) is 0 Å². The van der Waals surface area contributed by atoms with Gasteiger partial charge in [-0.3, -0.25) is 0 Å². The van der Waals surface area contributed by atoms with Crippen LogP contribution in [0.15, 0.2) is 51.4 Å². The molecule has 2 aromatic carbocycles. The molecule has 0 spiro atoms. The molecule has 2 unspecified atom stereocenters. The molecule has 138 valence electrons. The number of benzene rings is 2. The molecule has 0 fully saturated rings. The lowest BCUT2D eigenvalue weighted by atomic mass is 9.90. The molecule has 4 nitrogen and oxygen atoms in total. The molecule has 2 atom stereocenters. The summed E-state index contributed by atoms with van der Waals surface area (Å²) in [7, 11) is 1.69. The van der Waals surface area contributed by atoms with Crippen LogP contribution in [0.25, 0.3) is 21.8 Å². The van der Waals surface area contributed by atoms with Crippen LogP contribution in [0.1, 0.15) is 11.5 Å². The van der Waals surface area contributed by atoms with Crippen LogP contribution in [-0.4, -0.2) is 31.3 Å². The summed E-state index contributed by atoms with van der Waals surface area (Å²) in [4.78, 5) is 3.55. The van der Waals surface area contributed by atoms with E-state index in [0.717, 1.165) is 31.4 Å². The van der Waals surface area contributed by atoms with Crippen molar-refractivity contribution in [2.75, 3.05) is 25.6 Å². The first kappa shape index (κ1) is 17.3. The fourth-order valence-corrected chi connectivity index (χ4v) is 4.81. The number of hydrogen-bond acceptors (Lipinski definition) is 3. The molecule has 1 aliphatic carbocycles. The summed E-state index contributed by atoms with van der Waals surface area (Å²) in [6.45, 7) is 1.06. The first-order valence-corrected chi connectivity index (χ1v) is 10.5. The molecular weight excluding hydrogens is 472 g/mol. The highest BCUT2D eigenvalue weighted by Crippen LogP contribution is 2.50. The number of allylic oxidation sites excluding steroid dienone is 2. The number of aromatic nitrogens is 1. The van der Waals surface area contributed by atoms with Crippen molar-refractivity contribution in [1.29, 1.82) is 0 Å². The summed E-state index contributed by atoms with van der Waals surface area (Å²) in [6, 6.07) is 8.85. The normalized spacial score (nSPS) is 20.5. The smallest absolute Gasteiger partial charge is 0.166 e. The molecule has 3 aromatic rings. The van der Waals surface area contributed by atoms with Crippen molar-refractivity contribution in [2.45, 2.75) is 12.0 Å². The Morgan fingerprint density at radius 1 is 1.11 bits per heavy atom. The number of nitrogens with one attached hydrogen (secondary N) is 2. The van der Waals surface area contributed by atoms with Crippen LogP contribution in [0.4, 0.5) is 5.69 Å². The second-order valence-electron chi connectivity index (χ2n) is 6.86. The number of ether oxygens (including phenoxy) is 2. The van der Waals surface area contributed by atoms with E-state index in [-0.39, 0.29) is 12.0 Å². The van der Waals surface area contributed by atoms with E-state index in [2.05, 4.69) is 84.7 Å². The highest BCUT2D eigenvalue weighted by atomic mass is 79.9. The lowest BCUT2D eigenvalue weighted by Crippen LogP contribution is -2.18. The summed E-state index contributed by atoms with van der Waals surface area (Å²) >= 11 is 7.22. The fraction of sp³-hybridized carbons (Fsp3) is 0.238. The zero-order valence-electron chi connectivity index (χ0n) is 14.7. The molecule has 0 bridgehead atoms. The predicted molar refractivity (Wildman–Crippen MR) is 117 cm³/mol. The molecule has 6 heteroatoms. The van der Waals surface area contributed by atoms with Gasteiger partial charge in [0.25, 0.3) is 0 Å². The third-order valence-corrected chi connectivity index (χ3v) is 6.26. The molecular formula is C21H18Br2N2O2. The molecule has 2 aliphatic rings. The summed E-state index contributed by atoms with van der Waals surface area (Å²) in [6.07, 6.45) is 6.57. The number of anilines is 1. The minimum Gasteiger partial charge on any atom is -0.487 e. The Morgan fingerprint density at radius 3 is 2.85 bits per heavy atom. The molecule has 5 rings (SSSR count). The lowest BCUT2D eigenvalue weighted by Gasteiger charge is -2.17. The second kappa shape index (κ2) is 6.69. The third-order valence-electron chi connectivity index (χ3n) is 5.24. The number of H-pyrrole nitrogens is 1. The monoisotopic (exact) mass is 488 g/mol. The van der Waals surface area contributed by atoms with Gasteiger partial charge >= 0.3 is 0 Å². The maximum absolute atomic E-state index is 6.21. The predicted octanol–water partition coefficient (Wildman–Crippen LogP) is 5.84. The number of halogens is 2. The highest BCUT2D eigenvalue weighted by Gasteiger charge is 2.34. The Balaban J connectivity index is 1.76. The van der Waals surface area contributed by atoms with Crippen molar-refractivity contribution in [3.63, 3.8) is 0 Å². The Hall–Kier alpha value is -1.76. The summed E-state index contributed by atoms with van der Waals surface area (Å²) in [5.41, 5.74) is 4.46. The molecule has 0 radical (unpaired) electrons. The van der Waals surface area contributed by atoms with Gasteiger partial charge in [-0.2, -0.15) is 0 Å². The van der Waals surface area contributed by atoms with Crippen LogP contribution in [0.3, 0.4) is 0 Å². The number of aromatic amines is 1. The molecule has 1 aliphatic heterocycles. The van der Waals surface area contributed by atoms with Crippen LogP contribution in [0, 0.1) is 0 Å². The van der Waals surface area contributed by atoms with Crippen molar-refractivity contribution in [1.82, 2.24) is 4.98 Å². The van der Waals surface area contributed by atoms with E-state index in [1.165, 1.54) is 16.3 Å². The second-order valence-corrected chi connectivity index (χ2v) is 8.69. The van der Waals surface area contributed by atoms with Gasteiger partial charge in [0.05, 0.1) is 23.9 Å². The van der Waals surface area contributed by atoms with E-state index < -0.39 is 0 Å². The molecule has 0 amide bonds. The van der Waals surface area contributed by atoms with Gasteiger partial charge in [-0.25, -0.2) is 0 Å². The fourth-order valence-electron chi connectivity index (χ4n) is 4.01. The van der Waals surface area contributed by atoms with Crippen LogP contribution in [-0.2, 0) is 4.74 Å². The minimum absolute atomic E-state index is 0.246. The SMILES string of the molecule is COCCOc1c2c(cc3c1[nH]c1ccc(Br)cc13)C1C=C(Br)C=CC1N2. The first-order valence-electron chi connectivity index (χ1n) is 8.87. The van der Waals surface area contributed by atoms with Crippen molar-refractivity contribution in [3.8, 4) is 5.75 Å². The average Bonchev–Trinajstić information content (AvgIpc) is 3.19. The van der Waals surface area contributed by atoms with Crippen LogP contribution < -0.4 is 10.1 Å². The van der Waals surface area contributed by atoms with Gasteiger partial charge in [-0.05, 0) is 29.8 Å². The largest absolute Gasteiger partial charge is 0.487 e. The molecule has 27 heavy (non-hydrogen) atoms. The maximum atomic E-state index is 6.21. The minimum atomic E-state index is 0.246. The average molecular weight is 490 g/mol. The van der Waals surface area contributed by atoms with E-state index in [4.69, 9.17) is 9.47 Å². The molecule has 1 aromatic heterocycles. The number of hydrogen-bond donors (Lipinski definition) is 2. The number of fused-ring (bicyclic) bond motifs is 6. The third kappa shape index (κ3) is 2.82. The highest BCUT2D eigenvalue weighted by molar-refractivity contribution is 9.12. The first-order chi connectivity index (χ1) is 13.2. The molecule has 0 saturated carbocycles. The van der Waals surface area contributed by atoms with Crippen molar-refractivity contribution < 1.29 is 9.47 Å². The standard InChI is InChI=1S/C21H18Br2N2O2/c1-26-6-7-27-21-19-15(13-8-11(22)2-4-17(13)24-19)10-16-14-9-12(23)3-5-18(14)25-20(16)21/h2-5,8-10,13,17,24-25H,6-7H2,1H3. The van der Waals surface area contributed by atoms with Gasteiger partial charge in [0, 0.05) is 38.3 Å². The van der Waals surface area contributed by atoms with Gasteiger partial charge in [0.2, 0.25) is 0 Å². The van der Waals surface area contributed by atoms with Crippen LogP contribution in [0.2, 0.25) is 0 Å². The lowest BCUT2D eigenvalue weighted by molar-refractivity contribution is 0.147. The molecule has 2 N–H and O–H groups in total.